The Hall–Kier alpha value is -0.160. The van der Waals surface area contributed by atoms with Crippen LogP contribution in [0.5, 0.6) is 0 Å². The van der Waals surface area contributed by atoms with Gasteiger partial charge in [-0.15, -0.1) is 0 Å². The van der Waals surface area contributed by atoms with E-state index in [9.17, 15) is 10.2 Å². The largest absolute Gasteiger partial charge is 0.389 e. The summed E-state index contributed by atoms with van der Waals surface area (Å²) in [5.74, 6) is 0. The quantitative estimate of drug-likeness (QED) is 0.347. The number of hydrogen-bond donors (Lipinski definition) is 4. The number of hydrogen-bond acceptors (Lipinski definition) is 4. The molecule has 0 bridgehead atoms. The van der Waals surface area contributed by atoms with Crippen molar-refractivity contribution in [3.63, 3.8) is 0 Å². The van der Waals surface area contributed by atoms with Crippen molar-refractivity contribution < 1.29 is 15.3 Å². The monoisotopic (exact) mass is 161 g/mol. The smallest absolute Gasteiger partial charge is 0.111 e. The first-order valence-electron chi connectivity index (χ1n) is 3.78. The zero-order chi connectivity index (χ0) is 8.65. The predicted octanol–water partition coefficient (Wildman–Crippen LogP) is -1.55. The van der Waals surface area contributed by atoms with Crippen LogP contribution in [0.2, 0.25) is 0 Å². The molecule has 1 saturated heterocycles. The van der Waals surface area contributed by atoms with E-state index in [0.29, 0.717) is 6.54 Å². The van der Waals surface area contributed by atoms with Crippen molar-refractivity contribution >= 4 is 0 Å². The number of β-amino-alcohol motifs (C(OH)–C–C–N with tert-alkyl or cyclic N) is 1. The predicted molar refractivity (Wildman–Crippen MR) is 40.1 cm³/mol. The highest BCUT2D eigenvalue weighted by Gasteiger charge is 2.43. The zero-order valence-electron chi connectivity index (χ0n) is 6.78. The third-order valence-corrected chi connectivity index (χ3v) is 2.47. The van der Waals surface area contributed by atoms with Crippen LogP contribution in [0.25, 0.3) is 0 Å². The molecule has 0 saturated carbocycles. The maximum atomic E-state index is 9.61. The third-order valence-electron chi connectivity index (χ3n) is 2.47. The summed E-state index contributed by atoms with van der Waals surface area (Å²) in [5, 5.41) is 31.0. The summed E-state index contributed by atoms with van der Waals surface area (Å²) in [6.07, 6.45) is -1.93. The molecule has 4 N–H and O–H groups in total. The SMILES string of the molecule is C[C@H]1NC[C@H](O)[C@@H](O)[C@@]1(C)O. The van der Waals surface area contributed by atoms with E-state index in [1.165, 1.54) is 6.92 Å². The molecule has 1 aliphatic rings. The Labute approximate surface area is 65.9 Å². The average molecular weight is 161 g/mol. The van der Waals surface area contributed by atoms with Gasteiger partial charge in [-0.05, 0) is 13.8 Å². The summed E-state index contributed by atoms with van der Waals surface area (Å²) in [4.78, 5) is 0. The molecular weight excluding hydrogens is 146 g/mol. The lowest BCUT2D eigenvalue weighted by atomic mass is 9.84. The van der Waals surface area contributed by atoms with E-state index in [2.05, 4.69) is 5.32 Å². The van der Waals surface area contributed by atoms with Gasteiger partial charge in [-0.3, -0.25) is 0 Å². The lowest BCUT2D eigenvalue weighted by Crippen LogP contribution is -2.65. The van der Waals surface area contributed by atoms with Crippen LogP contribution in [-0.4, -0.2) is 45.7 Å². The molecule has 0 unspecified atom stereocenters. The molecule has 66 valence electrons. The molecule has 1 rings (SSSR count). The lowest BCUT2D eigenvalue weighted by molar-refractivity contribution is -0.149. The van der Waals surface area contributed by atoms with Gasteiger partial charge in [-0.2, -0.15) is 0 Å². The topological polar surface area (TPSA) is 72.7 Å². The van der Waals surface area contributed by atoms with E-state index in [1.54, 1.807) is 6.92 Å². The molecular formula is C7H15NO3. The van der Waals surface area contributed by atoms with Crippen molar-refractivity contribution in [1.82, 2.24) is 5.32 Å². The van der Waals surface area contributed by atoms with Crippen molar-refractivity contribution in [2.45, 2.75) is 37.7 Å². The second-order valence-electron chi connectivity index (χ2n) is 3.37. The third kappa shape index (κ3) is 1.39. The first kappa shape index (κ1) is 8.93. The van der Waals surface area contributed by atoms with Gasteiger partial charge in [0.05, 0.1) is 6.10 Å². The number of rotatable bonds is 0. The highest BCUT2D eigenvalue weighted by molar-refractivity contribution is 4.99. The minimum Gasteiger partial charge on any atom is -0.389 e. The van der Waals surface area contributed by atoms with Gasteiger partial charge in [-0.1, -0.05) is 0 Å². The second-order valence-corrected chi connectivity index (χ2v) is 3.37. The van der Waals surface area contributed by atoms with Crippen LogP contribution in [0.15, 0.2) is 0 Å². The molecule has 1 aliphatic heterocycles. The molecule has 0 radical (unpaired) electrons. The summed E-state index contributed by atoms with van der Waals surface area (Å²) in [6.45, 7) is 3.62. The van der Waals surface area contributed by atoms with E-state index in [-0.39, 0.29) is 6.04 Å². The van der Waals surface area contributed by atoms with Gasteiger partial charge in [0.15, 0.2) is 0 Å². The molecule has 0 aromatic rings. The maximum absolute atomic E-state index is 9.61. The van der Waals surface area contributed by atoms with E-state index in [4.69, 9.17) is 5.11 Å². The highest BCUT2D eigenvalue weighted by Crippen LogP contribution is 2.21. The Morgan fingerprint density at radius 3 is 2.45 bits per heavy atom. The molecule has 0 spiro atoms. The summed E-state index contributed by atoms with van der Waals surface area (Å²) >= 11 is 0. The number of piperidine rings is 1. The molecule has 4 heteroatoms. The molecule has 0 aliphatic carbocycles. The van der Waals surface area contributed by atoms with Crippen LogP contribution >= 0.6 is 0 Å². The van der Waals surface area contributed by atoms with Gasteiger partial charge in [0.1, 0.15) is 11.7 Å². The molecule has 1 heterocycles. The average Bonchev–Trinajstić information content (AvgIpc) is 1.95. The fourth-order valence-corrected chi connectivity index (χ4v) is 1.26. The van der Waals surface area contributed by atoms with Crippen molar-refractivity contribution in [3.8, 4) is 0 Å². The Morgan fingerprint density at radius 1 is 1.45 bits per heavy atom. The Bertz CT molecular complexity index is 149. The summed E-state index contributed by atoms with van der Waals surface area (Å²) in [5.41, 5.74) is -1.24. The number of nitrogens with one attached hydrogen (secondary N) is 1. The molecule has 4 nitrogen and oxygen atoms in total. The van der Waals surface area contributed by atoms with Crippen LogP contribution < -0.4 is 5.32 Å². The lowest BCUT2D eigenvalue weighted by Gasteiger charge is -2.42. The van der Waals surface area contributed by atoms with E-state index >= 15 is 0 Å². The first-order chi connectivity index (χ1) is 4.96. The normalized spacial score (nSPS) is 52.6. The van der Waals surface area contributed by atoms with Crippen molar-refractivity contribution in [2.75, 3.05) is 6.54 Å². The number of aliphatic hydroxyl groups is 3. The van der Waals surface area contributed by atoms with Gasteiger partial charge >= 0.3 is 0 Å². The second kappa shape index (κ2) is 2.71. The Kier molecular flexibility index (Phi) is 2.20. The fourth-order valence-electron chi connectivity index (χ4n) is 1.26. The van der Waals surface area contributed by atoms with E-state index in [0.717, 1.165) is 0 Å². The van der Waals surface area contributed by atoms with Gasteiger partial charge in [-0.25, -0.2) is 0 Å². The molecule has 4 atom stereocenters. The summed E-state index contributed by atoms with van der Waals surface area (Å²) < 4.78 is 0. The fraction of sp³-hybridized carbons (Fsp3) is 1.00. The Balaban J connectivity index is 2.72. The van der Waals surface area contributed by atoms with Gasteiger partial charge in [0.25, 0.3) is 0 Å². The van der Waals surface area contributed by atoms with Crippen LogP contribution in [-0.2, 0) is 0 Å². The van der Waals surface area contributed by atoms with Gasteiger partial charge in [0, 0.05) is 12.6 Å². The minimum absolute atomic E-state index is 0.194. The van der Waals surface area contributed by atoms with E-state index in [1.807, 2.05) is 0 Å². The molecule has 0 aromatic heterocycles. The molecule has 1 fully saturated rings. The number of aliphatic hydroxyl groups excluding tert-OH is 2. The minimum atomic E-state index is -1.24. The van der Waals surface area contributed by atoms with Gasteiger partial charge < -0.3 is 20.6 Å². The van der Waals surface area contributed by atoms with E-state index < -0.39 is 17.8 Å². The molecule has 11 heavy (non-hydrogen) atoms. The van der Waals surface area contributed by atoms with Crippen LogP contribution in [0, 0.1) is 0 Å². The summed E-state index contributed by atoms with van der Waals surface area (Å²) in [6, 6.07) is -0.194. The standard InChI is InChI=1S/C7H15NO3/c1-4-7(2,11)6(10)5(9)3-8-4/h4-6,8-11H,3H2,1-2H3/t4-,5+,6-,7+/m1/s1. The van der Waals surface area contributed by atoms with Crippen LogP contribution in [0.3, 0.4) is 0 Å². The Morgan fingerprint density at radius 2 is 2.00 bits per heavy atom. The van der Waals surface area contributed by atoms with Crippen molar-refractivity contribution in [3.05, 3.63) is 0 Å². The zero-order valence-corrected chi connectivity index (χ0v) is 6.78. The van der Waals surface area contributed by atoms with Crippen molar-refractivity contribution in [1.29, 1.82) is 0 Å². The van der Waals surface area contributed by atoms with Crippen LogP contribution in [0.4, 0.5) is 0 Å². The van der Waals surface area contributed by atoms with Crippen molar-refractivity contribution in [2.24, 2.45) is 0 Å². The highest BCUT2D eigenvalue weighted by atomic mass is 16.4. The first-order valence-corrected chi connectivity index (χ1v) is 3.78. The van der Waals surface area contributed by atoms with Crippen LogP contribution in [0.1, 0.15) is 13.8 Å². The molecule has 0 aromatic carbocycles. The summed E-state index contributed by atoms with van der Waals surface area (Å²) in [7, 11) is 0. The van der Waals surface area contributed by atoms with Gasteiger partial charge in [0.2, 0.25) is 0 Å². The maximum Gasteiger partial charge on any atom is 0.111 e. The molecule has 0 amide bonds.